The van der Waals surface area contributed by atoms with Crippen molar-refractivity contribution in [1.82, 2.24) is 25.3 Å². The summed E-state index contributed by atoms with van der Waals surface area (Å²) in [5, 5.41) is 2.89. The largest absolute Gasteiger partial charge is 0.351 e. The molecule has 1 aliphatic heterocycles. The Morgan fingerprint density at radius 2 is 2.30 bits per heavy atom. The van der Waals surface area contributed by atoms with E-state index in [0.717, 1.165) is 0 Å². The van der Waals surface area contributed by atoms with E-state index in [9.17, 15) is 13.2 Å². The molecule has 11 heteroatoms. The smallest absolute Gasteiger partial charge is 0.233 e. The van der Waals surface area contributed by atoms with Crippen molar-refractivity contribution in [2.75, 3.05) is 11.5 Å². The summed E-state index contributed by atoms with van der Waals surface area (Å²) < 4.78 is 22.9. The minimum atomic E-state index is -3.03. The Kier molecular flexibility index (Phi) is 4.47. The van der Waals surface area contributed by atoms with Gasteiger partial charge in [0.05, 0.1) is 23.1 Å². The van der Waals surface area contributed by atoms with E-state index in [0.29, 0.717) is 22.6 Å². The van der Waals surface area contributed by atoms with Gasteiger partial charge in [-0.2, -0.15) is 4.98 Å². The summed E-state index contributed by atoms with van der Waals surface area (Å²) >= 11 is 7.07. The molecule has 0 saturated carbocycles. The van der Waals surface area contributed by atoms with E-state index in [2.05, 4.69) is 25.3 Å². The highest BCUT2D eigenvalue weighted by atomic mass is 35.5. The lowest BCUT2D eigenvalue weighted by Gasteiger charge is -2.15. The van der Waals surface area contributed by atoms with Crippen LogP contribution in [-0.4, -0.2) is 57.1 Å². The van der Waals surface area contributed by atoms with Crippen molar-refractivity contribution in [1.29, 1.82) is 0 Å². The third-order valence-electron chi connectivity index (χ3n) is 3.46. The van der Waals surface area contributed by atoms with Crippen molar-refractivity contribution in [2.45, 2.75) is 29.7 Å². The van der Waals surface area contributed by atoms with Crippen molar-refractivity contribution in [3.63, 3.8) is 0 Å². The van der Waals surface area contributed by atoms with Gasteiger partial charge in [0, 0.05) is 6.04 Å². The van der Waals surface area contributed by atoms with Gasteiger partial charge in [-0.3, -0.25) is 4.79 Å². The van der Waals surface area contributed by atoms with Crippen LogP contribution < -0.4 is 5.32 Å². The molecule has 124 valence electrons. The molecule has 1 saturated heterocycles. The molecular formula is C12H14ClN5O3S2. The molecule has 3 heterocycles. The highest BCUT2D eigenvalue weighted by Crippen LogP contribution is 2.28. The van der Waals surface area contributed by atoms with E-state index >= 15 is 0 Å². The fourth-order valence-corrected chi connectivity index (χ4v) is 5.12. The number of hydrogen-bond acceptors (Lipinski definition) is 7. The average Bonchev–Trinajstić information content (AvgIpc) is 3.04. The summed E-state index contributed by atoms with van der Waals surface area (Å²) in [4.78, 5) is 27.3. The molecule has 0 bridgehead atoms. The first-order valence-electron chi connectivity index (χ1n) is 6.88. The molecule has 0 aromatic carbocycles. The van der Waals surface area contributed by atoms with Gasteiger partial charge in [-0.15, -0.1) is 0 Å². The van der Waals surface area contributed by atoms with Crippen LogP contribution in [-0.2, 0) is 14.6 Å². The van der Waals surface area contributed by atoms with E-state index in [1.165, 1.54) is 18.1 Å². The topological polar surface area (TPSA) is 118 Å². The molecule has 2 aromatic heterocycles. The maximum atomic E-state index is 12.2. The molecule has 1 aliphatic rings. The molecule has 23 heavy (non-hydrogen) atoms. The molecule has 2 unspecified atom stereocenters. The molecule has 3 rings (SSSR count). The van der Waals surface area contributed by atoms with Gasteiger partial charge in [0.2, 0.25) is 11.2 Å². The van der Waals surface area contributed by atoms with E-state index in [1.54, 1.807) is 6.92 Å². The van der Waals surface area contributed by atoms with Crippen LogP contribution in [0.2, 0.25) is 5.28 Å². The zero-order chi connectivity index (χ0) is 16.6. The molecule has 0 radical (unpaired) electrons. The third-order valence-corrected chi connectivity index (χ3v) is 6.48. The van der Waals surface area contributed by atoms with Crippen LogP contribution in [0.15, 0.2) is 11.4 Å². The zero-order valence-electron chi connectivity index (χ0n) is 12.1. The number of nitrogens with zero attached hydrogens (tertiary/aromatic N) is 3. The van der Waals surface area contributed by atoms with Gasteiger partial charge in [-0.1, -0.05) is 11.8 Å². The zero-order valence-corrected chi connectivity index (χ0v) is 14.5. The number of thioether (sulfide) groups is 1. The van der Waals surface area contributed by atoms with Crippen LogP contribution >= 0.6 is 23.4 Å². The van der Waals surface area contributed by atoms with Crippen LogP contribution in [0.25, 0.3) is 11.2 Å². The van der Waals surface area contributed by atoms with Crippen LogP contribution in [0.4, 0.5) is 0 Å². The van der Waals surface area contributed by atoms with Crippen molar-refractivity contribution < 1.29 is 13.2 Å². The number of aromatic nitrogens is 4. The van der Waals surface area contributed by atoms with Crippen LogP contribution in [0.5, 0.6) is 0 Å². The number of carbonyl (C=O) groups is 1. The maximum Gasteiger partial charge on any atom is 0.233 e. The molecule has 1 amide bonds. The highest BCUT2D eigenvalue weighted by Gasteiger charge is 2.30. The van der Waals surface area contributed by atoms with E-state index in [1.807, 2.05) is 0 Å². The predicted molar refractivity (Wildman–Crippen MR) is 87.2 cm³/mol. The van der Waals surface area contributed by atoms with Gasteiger partial charge >= 0.3 is 0 Å². The summed E-state index contributed by atoms with van der Waals surface area (Å²) in [7, 11) is -3.03. The predicted octanol–water partition coefficient (Wildman–Crippen LogP) is 0.790. The normalized spacial score (nSPS) is 21.4. The molecular weight excluding hydrogens is 362 g/mol. The Morgan fingerprint density at radius 1 is 1.52 bits per heavy atom. The lowest BCUT2D eigenvalue weighted by molar-refractivity contribution is -0.120. The minimum Gasteiger partial charge on any atom is -0.351 e. The van der Waals surface area contributed by atoms with Crippen molar-refractivity contribution in [3.8, 4) is 0 Å². The number of halogens is 1. The molecule has 2 atom stereocenters. The van der Waals surface area contributed by atoms with E-state index in [4.69, 9.17) is 11.6 Å². The lowest BCUT2D eigenvalue weighted by atomic mass is 10.2. The Morgan fingerprint density at radius 3 is 3.00 bits per heavy atom. The number of carbonyl (C=O) groups excluding carboxylic acids is 1. The van der Waals surface area contributed by atoms with Crippen LogP contribution in [0.1, 0.15) is 13.3 Å². The lowest BCUT2D eigenvalue weighted by Crippen LogP contribution is -2.39. The van der Waals surface area contributed by atoms with Gasteiger partial charge < -0.3 is 10.3 Å². The van der Waals surface area contributed by atoms with Gasteiger partial charge in [0.1, 0.15) is 10.5 Å². The number of aromatic amines is 1. The summed E-state index contributed by atoms with van der Waals surface area (Å²) in [6.45, 7) is 1.72. The second-order valence-electron chi connectivity index (χ2n) is 5.27. The van der Waals surface area contributed by atoms with Crippen LogP contribution in [0, 0.1) is 0 Å². The molecule has 2 aromatic rings. The fourth-order valence-electron chi connectivity index (χ4n) is 2.31. The highest BCUT2D eigenvalue weighted by molar-refractivity contribution is 8.00. The molecule has 8 nitrogen and oxygen atoms in total. The molecule has 2 N–H and O–H groups in total. The second kappa shape index (κ2) is 6.25. The van der Waals surface area contributed by atoms with Gasteiger partial charge in [0.25, 0.3) is 0 Å². The number of rotatable bonds is 4. The van der Waals surface area contributed by atoms with Crippen molar-refractivity contribution in [2.24, 2.45) is 0 Å². The third kappa shape index (κ3) is 3.75. The molecule has 0 aliphatic carbocycles. The minimum absolute atomic E-state index is 0.000253. The number of hydrogen-bond donors (Lipinski definition) is 2. The first-order valence-corrected chi connectivity index (χ1v) is 9.96. The van der Waals surface area contributed by atoms with Crippen molar-refractivity contribution >= 4 is 50.3 Å². The Hall–Kier alpha value is -1.39. The first kappa shape index (κ1) is 16.5. The summed E-state index contributed by atoms with van der Waals surface area (Å²) in [6.07, 6.45) is 1.93. The average molecular weight is 376 g/mol. The number of amides is 1. The second-order valence-corrected chi connectivity index (χ2v) is 9.16. The molecule has 0 spiro atoms. The van der Waals surface area contributed by atoms with Crippen molar-refractivity contribution in [3.05, 3.63) is 11.6 Å². The Labute approximate surface area is 141 Å². The van der Waals surface area contributed by atoms with E-state index in [-0.39, 0.29) is 28.7 Å². The first-order chi connectivity index (χ1) is 10.8. The van der Waals surface area contributed by atoms with Gasteiger partial charge in [0.15, 0.2) is 15.5 Å². The number of fused-ring (bicyclic) bond motifs is 1. The monoisotopic (exact) mass is 375 g/mol. The summed E-state index contributed by atoms with van der Waals surface area (Å²) in [5.41, 5.74) is 1.05. The van der Waals surface area contributed by atoms with Gasteiger partial charge in [-0.25, -0.2) is 18.4 Å². The Balaban J connectivity index is 1.69. The summed E-state index contributed by atoms with van der Waals surface area (Å²) in [6, 6.07) is -0.322. The summed E-state index contributed by atoms with van der Waals surface area (Å²) in [5.74, 6) is -0.116. The van der Waals surface area contributed by atoms with Gasteiger partial charge in [-0.05, 0) is 24.9 Å². The SMILES string of the molecule is CC(Sc1nc(Cl)nc2nc[nH]c12)C(=O)NC1CCS(=O)(=O)C1. The number of H-pyrrole nitrogens is 1. The Bertz CT molecular complexity index is 853. The maximum absolute atomic E-state index is 12.2. The van der Waals surface area contributed by atoms with E-state index < -0.39 is 15.1 Å². The quantitative estimate of drug-likeness (QED) is 0.460. The molecule has 1 fully saturated rings. The number of nitrogens with one attached hydrogen (secondary N) is 2. The number of sulfone groups is 1. The standard InChI is InChI=1S/C12H14ClN5O3S2/c1-6(10(19)16-7-2-3-23(20,21)4-7)22-11-8-9(15-5-14-8)17-12(13)18-11/h5-7H,2-4H2,1H3,(H,16,19)(H,14,15,17,18). The van der Waals surface area contributed by atoms with Crippen LogP contribution in [0.3, 0.4) is 0 Å². The fraction of sp³-hybridized carbons (Fsp3) is 0.500. The number of imidazole rings is 1.